The van der Waals surface area contributed by atoms with Gasteiger partial charge in [0.15, 0.2) is 6.61 Å². The minimum absolute atomic E-state index is 0.115. The minimum atomic E-state index is -1.06. The molecule has 2 aromatic carbocycles. The van der Waals surface area contributed by atoms with Gasteiger partial charge in [0.2, 0.25) is 0 Å². The lowest BCUT2D eigenvalue weighted by Crippen LogP contribution is -2.35. The van der Waals surface area contributed by atoms with E-state index in [4.69, 9.17) is 21.6 Å². The topological polar surface area (TPSA) is 114 Å². The van der Waals surface area contributed by atoms with Crippen molar-refractivity contribution in [3.8, 4) is 6.07 Å². The highest BCUT2D eigenvalue weighted by Crippen LogP contribution is 2.23. The maximum absolute atomic E-state index is 12.3. The van der Waals surface area contributed by atoms with E-state index in [9.17, 15) is 19.7 Å². The lowest BCUT2D eigenvalue weighted by molar-refractivity contribution is -0.385. The molecule has 132 valence electrons. The molecule has 0 radical (unpaired) electrons. The Labute approximate surface area is 153 Å². The molecule has 2 aromatic rings. The van der Waals surface area contributed by atoms with Crippen LogP contribution in [0.3, 0.4) is 0 Å². The summed E-state index contributed by atoms with van der Waals surface area (Å²) in [6.07, 6.45) is 0. The predicted molar refractivity (Wildman–Crippen MR) is 92.8 cm³/mol. The van der Waals surface area contributed by atoms with Gasteiger partial charge < -0.3 is 4.74 Å². The first-order valence-corrected chi connectivity index (χ1v) is 7.65. The third-order valence-electron chi connectivity index (χ3n) is 3.30. The summed E-state index contributed by atoms with van der Waals surface area (Å²) in [6.45, 7) is -0.920. The van der Waals surface area contributed by atoms with E-state index in [0.29, 0.717) is 5.69 Å². The average Bonchev–Trinajstić information content (AvgIpc) is 2.64. The van der Waals surface area contributed by atoms with Crippen molar-refractivity contribution in [3.63, 3.8) is 0 Å². The van der Waals surface area contributed by atoms with Crippen LogP contribution >= 0.6 is 11.6 Å². The fourth-order valence-corrected chi connectivity index (χ4v) is 2.29. The number of esters is 1. The molecule has 8 nitrogen and oxygen atoms in total. The summed E-state index contributed by atoms with van der Waals surface area (Å²) >= 11 is 5.76. The summed E-state index contributed by atoms with van der Waals surface area (Å²) in [5, 5.41) is 20.0. The second-order valence-electron chi connectivity index (χ2n) is 4.97. The van der Waals surface area contributed by atoms with E-state index < -0.39 is 29.1 Å². The van der Waals surface area contributed by atoms with Crippen LogP contribution < -0.4 is 4.90 Å². The number of nitriles is 1. The van der Waals surface area contributed by atoms with Crippen LogP contribution in [-0.2, 0) is 9.53 Å². The highest BCUT2D eigenvalue weighted by atomic mass is 35.5. The maximum atomic E-state index is 12.3. The number of carbonyl (C=O) groups excluding carboxylic acids is 2. The van der Waals surface area contributed by atoms with Gasteiger partial charge in [0.1, 0.15) is 12.1 Å². The summed E-state index contributed by atoms with van der Waals surface area (Å²) < 4.78 is 4.88. The number of para-hydroxylation sites is 1. The molecule has 0 spiro atoms. The molecule has 0 saturated heterocycles. The molecule has 0 N–H and O–H groups in total. The van der Waals surface area contributed by atoms with Gasteiger partial charge in [-0.15, -0.1) is 0 Å². The van der Waals surface area contributed by atoms with Crippen molar-refractivity contribution >= 4 is 34.9 Å². The molecule has 0 aliphatic heterocycles. The van der Waals surface area contributed by atoms with Crippen LogP contribution in [0.5, 0.6) is 0 Å². The quantitative estimate of drug-likeness (QED) is 0.333. The minimum Gasteiger partial charge on any atom is -0.452 e. The fraction of sp³-hybridized carbons (Fsp3) is 0.118. The van der Waals surface area contributed by atoms with Crippen molar-refractivity contribution < 1.29 is 19.2 Å². The Bertz CT molecular complexity index is 880. The van der Waals surface area contributed by atoms with Crippen molar-refractivity contribution in [2.45, 2.75) is 0 Å². The van der Waals surface area contributed by atoms with E-state index in [1.807, 2.05) is 6.07 Å². The Balaban J connectivity index is 2.13. The third kappa shape index (κ3) is 4.55. The van der Waals surface area contributed by atoms with Gasteiger partial charge in [0.25, 0.3) is 11.6 Å². The standard InChI is InChI=1S/C17H12ClN3O5/c18-12-6-7-15(21(24)25)14(10-12)17(23)26-11-16(22)20(9-8-19)13-4-2-1-3-5-13/h1-7,10H,9,11H2. The van der Waals surface area contributed by atoms with Crippen LogP contribution in [0.2, 0.25) is 5.02 Å². The first-order valence-electron chi connectivity index (χ1n) is 7.27. The van der Waals surface area contributed by atoms with Crippen LogP contribution in [0.4, 0.5) is 11.4 Å². The second kappa shape index (κ2) is 8.60. The first kappa shape index (κ1) is 18.9. The molecule has 0 atom stereocenters. The van der Waals surface area contributed by atoms with Gasteiger partial charge in [-0.2, -0.15) is 5.26 Å². The molecular weight excluding hydrogens is 362 g/mol. The first-order chi connectivity index (χ1) is 12.4. The molecule has 2 rings (SSSR count). The number of nitro benzene ring substituents is 1. The fourth-order valence-electron chi connectivity index (χ4n) is 2.12. The molecule has 26 heavy (non-hydrogen) atoms. The molecule has 0 aliphatic rings. The Morgan fingerprint density at radius 3 is 2.54 bits per heavy atom. The summed E-state index contributed by atoms with van der Waals surface area (Å²) in [5.41, 5.74) is -0.380. The van der Waals surface area contributed by atoms with E-state index in [-0.39, 0.29) is 17.1 Å². The third-order valence-corrected chi connectivity index (χ3v) is 3.53. The summed E-state index contributed by atoms with van der Waals surface area (Å²) in [4.78, 5) is 35.8. The Hall–Kier alpha value is -3.44. The van der Waals surface area contributed by atoms with Crippen LogP contribution in [0.15, 0.2) is 48.5 Å². The molecule has 0 fully saturated rings. The van der Waals surface area contributed by atoms with Gasteiger partial charge in [-0.1, -0.05) is 29.8 Å². The summed E-state index contributed by atoms with van der Waals surface area (Å²) in [7, 11) is 0. The maximum Gasteiger partial charge on any atom is 0.345 e. The molecule has 0 heterocycles. The van der Waals surface area contributed by atoms with Gasteiger partial charge in [-0.05, 0) is 24.3 Å². The highest BCUT2D eigenvalue weighted by Gasteiger charge is 2.24. The van der Waals surface area contributed by atoms with Crippen molar-refractivity contribution in [3.05, 3.63) is 69.2 Å². The second-order valence-corrected chi connectivity index (χ2v) is 5.40. The lowest BCUT2D eigenvalue weighted by atomic mass is 10.2. The number of carbonyl (C=O) groups is 2. The average molecular weight is 374 g/mol. The monoisotopic (exact) mass is 373 g/mol. The normalized spacial score (nSPS) is 9.85. The van der Waals surface area contributed by atoms with Crippen LogP contribution in [0, 0.1) is 21.4 Å². The Kier molecular flexibility index (Phi) is 6.25. The van der Waals surface area contributed by atoms with E-state index in [1.54, 1.807) is 30.3 Å². The Morgan fingerprint density at radius 2 is 1.92 bits per heavy atom. The number of ether oxygens (including phenoxy) is 1. The zero-order chi connectivity index (χ0) is 19.1. The lowest BCUT2D eigenvalue weighted by Gasteiger charge is -2.19. The number of rotatable bonds is 6. The summed E-state index contributed by atoms with van der Waals surface area (Å²) in [6, 6.07) is 13.7. The van der Waals surface area contributed by atoms with Crippen LogP contribution in [-0.4, -0.2) is 30.0 Å². The van der Waals surface area contributed by atoms with Crippen molar-refractivity contribution in [1.82, 2.24) is 0 Å². The molecule has 0 aliphatic carbocycles. The predicted octanol–water partition coefficient (Wildman–Crippen LogP) is 2.96. The highest BCUT2D eigenvalue weighted by molar-refractivity contribution is 6.31. The van der Waals surface area contributed by atoms with Gasteiger partial charge in [0, 0.05) is 16.8 Å². The number of benzene rings is 2. The molecule has 0 aromatic heterocycles. The van der Waals surface area contributed by atoms with Crippen molar-refractivity contribution in [2.75, 3.05) is 18.1 Å². The number of hydrogen-bond donors (Lipinski definition) is 0. The van der Waals surface area contributed by atoms with Gasteiger partial charge in [-0.25, -0.2) is 4.79 Å². The molecule has 1 amide bonds. The number of nitrogens with zero attached hydrogens (tertiary/aromatic N) is 3. The zero-order valence-corrected chi connectivity index (χ0v) is 14.0. The van der Waals surface area contributed by atoms with Crippen molar-refractivity contribution in [2.24, 2.45) is 0 Å². The number of halogens is 1. The number of hydrogen-bond acceptors (Lipinski definition) is 6. The number of nitro groups is 1. The van der Waals surface area contributed by atoms with E-state index in [1.165, 1.54) is 6.07 Å². The molecular formula is C17H12ClN3O5. The van der Waals surface area contributed by atoms with Crippen molar-refractivity contribution in [1.29, 1.82) is 5.26 Å². The molecule has 0 saturated carbocycles. The largest absolute Gasteiger partial charge is 0.452 e. The van der Waals surface area contributed by atoms with E-state index in [2.05, 4.69) is 0 Å². The van der Waals surface area contributed by atoms with Gasteiger partial charge >= 0.3 is 5.97 Å². The molecule has 0 bridgehead atoms. The molecule has 0 unspecified atom stereocenters. The number of amides is 1. The zero-order valence-electron chi connectivity index (χ0n) is 13.3. The van der Waals surface area contributed by atoms with Gasteiger partial charge in [0.05, 0.1) is 11.0 Å². The van der Waals surface area contributed by atoms with E-state index in [0.717, 1.165) is 17.0 Å². The van der Waals surface area contributed by atoms with Gasteiger partial charge in [-0.3, -0.25) is 19.8 Å². The van der Waals surface area contributed by atoms with E-state index >= 15 is 0 Å². The van der Waals surface area contributed by atoms with Crippen LogP contribution in [0.25, 0.3) is 0 Å². The smallest absolute Gasteiger partial charge is 0.345 e. The Morgan fingerprint density at radius 1 is 1.23 bits per heavy atom. The number of anilines is 1. The summed E-state index contributed by atoms with van der Waals surface area (Å²) in [5.74, 6) is -1.70. The SMILES string of the molecule is N#CCN(C(=O)COC(=O)c1cc(Cl)ccc1[N+](=O)[O-])c1ccccc1. The van der Waals surface area contributed by atoms with Crippen LogP contribution in [0.1, 0.15) is 10.4 Å². The molecule has 9 heteroatoms.